The van der Waals surface area contributed by atoms with Gasteiger partial charge in [-0.15, -0.1) is 11.3 Å². The maximum absolute atomic E-state index is 13.2. The number of sulfonamides is 1. The summed E-state index contributed by atoms with van der Waals surface area (Å²) >= 11 is 1.14. The van der Waals surface area contributed by atoms with Gasteiger partial charge in [-0.05, 0) is 42.8 Å². The van der Waals surface area contributed by atoms with Gasteiger partial charge < -0.3 is 9.84 Å². The molecule has 3 heterocycles. The first-order valence-electron chi connectivity index (χ1n) is 8.74. The zero-order chi connectivity index (χ0) is 19.9. The zero-order valence-corrected chi connectivity index (χ0v) is 17.0. The van der Waals surface area contributed by atoms with Crippen molar-refractivity contribution in [2.45, 2.75) is 37.1 Å². The van der Waals surface area contributed by atoms with Crippen LogP contribution in [-0.4, -0.2) is 29.8 Å². The molecular weight excluding hydrogens is 398 g/mol. The van der Waals surface area contributed by atoms with E-state index >= 15 is 0 Å². The summed E-state index contributed by atoms with van der Waals surface area (Å²) < 4.78 is 33.1. The number of fused-ring (bicyclic) bond motifs is 1. The minimum absolute atomic E-state index is 0.149. The molecule has 146 valence electrons. The second-order valence-corrected chi connectivity index (χ2v) is 9.72. The van der Waals surface area contributed by atoms with E-state index in [2.05, 4.69) is 10.5 Å². The zero-order valence-electron chi connectivity index (χ0n) is 15.4. The van der Waals surface area contributed by atoms with E-state index in [0.717, 1.165) is 22.5 Å². The molecule has 2 aromatic heterocycles. The van der Waals surface area contributed by atoms with E-state index in [1.54, 1.807) is 31.4 Å². The van der Waals surface area contributed by atoms with Gasteiger partial charge in [-0.1, -0.05) is 35.5 Å². The summed E-state index contributed by atoms with van der Waals surface area (Å²) in [7, 11) is -3.80. The number of thiophene rings is 1. The van der Waals surface area contributed by atoms with E-state index < -0.39 is 22.0 Å². The molecule has 0 saturated heterocycles. The number of aryl methyl sites for hydroxylation is 2. The highest BCUT2D eigenvalue weighted by molar-refractivity contribution is 7.91. The lowest BCUT2D eigenvalue weighted by Crippen LogP contribution is -2.50. The van der Waals surface area contributed by atoms with Crippen LogP contribution in [-0.2, 0) is 27.8 Å². The van der Waals surface area contributed by atoms with E-state index in [-0.39, 0.29) is 10.8 Å². The molecule has 28 heavy (non-hydrogen) atoms. The third-order valence-electron chi connectivity index (χ3n) is 4.85. The Balaban J connectivity index is 1.73. The van der Waals surface area contributed by atoms with Crippen molar-refractivity contribution in [3.05, 3.63) is 64.4 Å². The lowest BCUT2D eigenvalue weighted by molar-refractivity contribution is -0.120. The summed E-state index contributed by atoms with van der Waals surface area (Å²) in [6.07, 6.45) is 0.302. The Morgan fingerprint density at radius 1 is 1.21 bits per heavy atom. The van der Waals surface area contributed by atoms with E-state index in [0.29, 0.717) is 23.6 Å². The number of carbonyl (C=O) groups is 1. The topological polar surface area (TPSA) is 92.5 Å². The molecule has 1 amide bonds. The highest BCUT2D eigenvalue weighted by Gasteiger charge is 2.40. The van der Waals surface area contributed by atoms with Crippen LogP contribution in [0.3, 0.4) is 0 Å². The Morgan fingerprint density at radius 2 is 1.96 bits per heavy atom. The van der Waals surface area contributed by atoms with Crippen LogP contribution in [0.5, 0.6) is 0 Å². The molecule has 0 spiro atoms. The molecule has 4 rings (SSSR count). The molecule has 7 nitrogen and oxygen atoms in total. The predicted octanol–water partition coefficient (Wildman–Crippen LogP) is 3.11. The number of hydrogen-bond acceptors (Lipinski definition) is 6. The first kappa shape index (κ1) is 18.9. The van der Waals surface area contributed by atoms with E-state index in [1.807, 2.05) is 24.3 Å². The fraction of sp³-hybridized carbons (Fsp3) is 0.263. The summed E-state index contributed by atoms with van der Waals surface area (Å²) in [4.78, 5) is 13.1. The van der Waals surface area contributed by atoms with Crippen molar-refractivity contribution in [3.63, 3.8) is 0 Å². The number of aromatic nitrogens is 1. The Kier molecular flexibility index (Phi) is 4.82. The third-order valence-corrected chi connectivity index (χ3v) is 8.08. The Labute approximate surface area is 167 Å². The third kappa shape index (κ3) is 3.25. The van der Waals surface area contributed by atoms with E-state index in [4.69, 9.17) is 4.52 Å². The molecule has 1 atom stereocenters. The lowest BCUT2D eigenvalue weighted by Gasteiger charge is -2.34. The molecule has 9 heteroatoms. The highest BCUT2D eigenvalue weighted by Crippen LogP contribution is 2.31. The number of nitrogens with one attached hydrogen (secondary N) is 1. The first-order chi connectivity index (χ1) is 13.4. The fourth-order valence-electron chi connectivity index (χ4n) is 3.37. The molecule has 0 unspecified atom stereocenters. The number of amides is 1. The van der Waals surface area contributed by atoms with E-state index in [9.17, 15) is 13.2 Å². The molecule has 3 aromatic rings. The quantitative estimate of drug-likeness (QED) is 0.704. The molecular formula is C19H19N3O4S2. The van der Waals surface area contributed by atoms with Gasteiger partial charge in [-0.2, -0.15) is 4.31 Å². The summed E-state index contributed by atoms with van der Waals surface area (Å²) in [6, 6.07) is 9.98. The van der Waals surface area contributed by atoms with Gasteiger partial charge in [0, 0.05) is 6.54 Å². The maximum atomic E-state index is 13.2. The SMILES string of the molecule is Cc1noc(C)c1NC(=O)[C@@H]1Cc2ccccc2CN1S(=O)(=O)c1cccs1. The van der Waals surface area contributed by atoms with Crippen LogP contribution >= 0.6 is 11.3 Å². The second-order valence-electron chi connectivity index (χ2n) is 6.66. The number of hydrogen-bond donors (Lipinski definition) is 1. The maximum Gasteiger partial charge on any atom is 0.253 e. The van der Waals surface area contributed by atoms with Crippen LogP contribution in [0.25, 0.3) is 0 Å². The largest absolute Gasteiger partial charge is 0.359 e. The minimum Gasteiger partial charge on any atom is -0.359 e. The number of rotatable bonds is 4. The second kappa shape index (κ2) is 7.16. The molecule has 1 aliphatic heterocycles. The molecule has 0 bridgehead atoms. The van der Waals surface area contributed by atoms with Crippen molar-refractivity contribution in [1.82, 2.24) is 9.46 Å². The van der Waals surface area contributed by atoms with Crippen molar-refractivity contribution in [2.75, 3.05) is 5.32 Å². The monoisotopic (exact) mass is 417 g/mol. The summed E-state index contributed by atoms with van der Waals surface area (Å²) in [6.45, 7) is 3.57. The van der Waals surface area contributed by atoms with Gasteiger partial charge in [0.25, 0.3) is 10.0 Å². The number of benzene rings is 1. The lowest BCUT2D eigenvalue weighted by atomic mass is 9.95. The fourth-order valence-corrected chi connectivity index (χ4v) is 6.05. The number of nitrogens with zero attached hydrogens (tertiary/aromatic N) is 2. The van der Waals surface area contributed by atoms with Gasteiger partial charge in [-0.3, -0.25) is 4.79 Å². The van der Waals surface area contributed by atoms with Crippen LogP contribution in [0, 0.1) is 13.8 Å². The van der Waals surface area contributed by atoms with Crippen molar-refractivity contribution in [2.24, 2.45) is 0 Å². The molecule has 0 radical (unpaired) electrons. The van der Waals surface area contributed by atoms with Crippen LogP contribution in [0.4, 0.5) is 5.69 Å². The Morgan fingerprint density at radius 3 is 2.61 bits per heavy atom. The van der Waals surface area contributed by atoms with Crippen molar-refractivity contribution < 1.29 is 17.7 Å². The number of carbonyl (C=O) groups excluding carboxylic acids is 1. The van der Waals surface area contributed by atoms with Crippen molar-refractivity contribution >= 4 is 33.0 Å². The van der Waals surface area contributed by atoms with E-state index in [1.165, 1.54) is 4.31 Å². The number of anilines is 1. The smallest absolute Gasteiger partial charge is 0.253 e. The van der Waals surface area contributed by atoms with Crippen LogP contribution in [0.2, 0.25) is 0 Å². The summed E-state index contributed by atoms with van der Waals surface area (Å²) in [5, 5.41) is 8.36. The molecule has 1 aromatic carbocycles. The minimum atomic E-state index is -3.80. The highest BCUT2D eigenvalue weighted by atomic mass is 32.2. The summed E-state index contributed by atoms with van der Waals surface area (Å²) in [5.74, 6) is 0.0822. The molecule has 1 aliphatic rings. The predicted molar refractivity (Wildman–Crippen MR) is 106 cm³/mol. The normalized spacial score (nSPS) is 17.3. The summed E-state index contributed by atoms with van der Waals surface area (Å²) in [5.41, 5.74) is 2.91. The Bertz CT molecular complexity index is 1100. The molecule has 0 aliphatic carbocycles. The standard InChI is InChI=1S/C19H19N3O4S2/c1-12-18(13(2)26-21-12)20-19(23)16-10-14-6-3-4-7-15(14)11-22(16)28(24,25)17-8-5-9-27-17/h3-9,16H,10-11H2,1-2H3,(H,20,23)/t16-/m0/s1. The average Bonchev–Trinajstić information content (AvgIpc) is 3.33. The van der Waals surface area contributed by atoms with Crippen LogP contribution < -0.4 is 5.32 Å². The molecule has 1 N–H and O–H groups in total. The van der Waals surface area contributed by atoms with Gasteiger partial charge in [0.05, 0.1) is 0 Å². The van der Waals surface area contributed by atoms with Gasteiger partial charge >= 0.3 is 0 Å². The van der Waals surface area contributed by atoms with Gasteiger partial charge in [0.2, 0.25) is 5.91 Å². The van der Waals surface area contributed by atoms with Crippen LogP contribution in [0.1, 0.15) is 22.6 Å². The Hall–Kier alpha value is -2.49. The van der Waals surface area contributed by atoms with Gasteiger partial charge in [0.1, 0.15) is 21.6 Å². The molecule has 0 saturated carbocycles. The van der Waals surface area contributed by atoms with Crippen molar-refractivity contribution in [3.8, 4) is 0 Å². The van der Waals surface area contributed by atoms with Gasteiger partial charge in [0.15, 0.2) is 5.76 Å². The van der Waals surface area contributed by atoms with Crippen molar-refractivity contribution in [1.29, 1.82) is 0 Å². The average molecular weight is 418 g/mol. The molecule has 0 fully saturated rings. The first-order valence-corrected chi connectivity index (χ1v) is 11.1. The van der Waals surface area contributed by atoms with Gasteiger partial charge in [-0.25, -0.2) is 8.42 Å². The van der Waals surface area contributed by atoms with Crippen LogP contribution in [0.15, 0.2) is 50.5 Å².